The normalized spacial score (nSPS) is 12.1. The van der Waals surface area contributed by atoms with Crippen molar-refractivity contribution < 1.29 is 0 Å². The van der Waals surface area contributed by atoms with Crippen LogP contribution in [0.3, 0.4) is 0 Å². The van der Waals surface area contributed by atoms with Gasteiger partial charge in [0.2, 0.25) is 0 Å². The summed E-state index contributed by atoms with van der Waals surface area (Å²) in [5, 5.41) is 8.93. The Morgan fingerprint density at radius 2 is 2.15 bits per heavy atom. The van der Waals surface area contributed by atoms with Crippen LogP contribution in [0, 0.1) is 18.3 Å². The fourth-order valence-electron chi connectivity index (χ4n) is 1.43. The Bertz CT molecular complexity index is 312. The predicted molar refractivity (Wildman–Crippen MR) is 53.2 cm³/mol. The molecule has 1 aromatic carbocycles. The van der Waals surface area contributed by atoms with Gasteiger partial charge in [0.05, 0.1) is 12.0 Å². The number of nitrogens with two attached hydrogens (primary N) is 1. The molecule has 0 aromatic heterocycles. The average Bonchev–Trinajstić information content (AvgIpc) is 2.16. The Morgan fingerprint density at radius 1 is 1.46 bits per heavy atom. The zero-order valence-electron chi connectivity index (χ0n) is 7.83. The minimum atomic E-state index is -0.0498. The van der Waals surface area contributed by atoms with Crippen molar-refractivity contribution in [3.05, 3.63) is 35.4 Å². The summed E-state index contributed by atoms with van der Waals surface area (Å²) >= 11 is 0. The minimum absolute atomic E-state index is 0.0498. The first-order valence-electron chi connectivity index (χ1n) is 4.44. The van der Waals surface area contributed by atoms with Crippen molar-refractivity contribution >= 4 is 0 Å². The predicted octanol–water partition coefficient (Wildman–Crippen LogP) is 1.95. The molecule has 0 aliphatic carbocycles. The van der Waals surface area contributed by atoms with Crippen molar-refractivity contribution in [3.63, 3.8) is 0 Å². The van der Waals surface area contributed by atoms with E-state index in [0.717, 1.165) is 12.0 Å². The first-order valence-corrected chi connectivity index (χ1v) is 4.44. The van der Waals surface area contributed by atoms with Crippen molar-refractivity contribution in [1.82, 2.24) is 0 Å². The van der Waals surface area contributed by atoms with Crippen LogP contribution in [0.25, 0.3) is 0 Å². The second-order valence-corrected chi connectivity index (χ2v) is 3.12. The third kappa shape index (κ3) is 2.30. The van der Waals surface area contributed by atoms with E-state index >= 15 is 0 Å². The highest BCUT2D eigenvalue weighted by Crippen LogP contribution is 2.21. The van der Waals surface area contributed by atoms with Crippen LogP contribution < -0.4 is 5.73 Å². The van der Waals surface area contributed by atoms with Crippen LogP contribution in [0.4, 0.5) is 0 Å². The van der Waals surface area contributed by atoms with Crippen molar-refractivity contribution in [1.29, 1.82) is 5.26 Å². The molecule has 1 rings (SSSR count). The first kappa shape index (κ1) is 9.76. The molecule has 0 saturated carbocycles. The Morgan fingerprint density at radius 3 is 2.69 bits per heavy atom. The molecule has 0 spiro atoms. The molecular formula is C11H14N2. The molecule has 0 fully saturated rings. The van der Waals surface area contributed by atoms with Crippen LogP contribution in [0.5, 0.6) is 0 Å². The summed E-state index contributed by atoms with van der Waals surface area (Å²) in [6, 6.07) is 10.2. The molecule has 13 heavy (non-hydrogen) atoms. The Balaban J connectivity index is 2.92. The highest BCUT2D eigenvalue weighted by Gasteiger charge is 2.10. The third-order valence-corrected chi connectivity index (χ3v) is 2.18. The monoisotopic (exact) mass is 174 g/mol. The van der Waals surface area contributed by atoms with Gasteiger partial charge in [-0.1, -0.05) is 24.3 Å². The van der Waals surface area contributed by atoms with Crippen LogP contribution in [0.1, 0.15) is 23.5 Å². The molecule has 1 atom stereocenters. The van der Waals surface area contributed by atoms with Crippen molar-refractivity contribution in [2.24, 2.45) is 5.73 Å². The number of nitrogens with zero attached hydrogens (tertiary/aromatic N) is 1. The minimum Gasteiger partial charge on any atom is -0.330 e. The van der Waals surface area contributed by atoms with Gasteiger partial charge in [0, 0.05) is 0 Å². The van der Waals surface area contributed by atoms with Gasteiger partial charge in [0.1, 0.15) is 0 Å². The van der Waals surface area contributed by atoms with Gasteiger partial charge in [-0.3, -0.25) is 0 Å². The third-order valence-electron chi connectivity index (χ3n) is 2.18. The van der Waals surface area contributed by atoms with E-state index in [4.69, 9.17) is 11.0 Å². The van der Waals surface area contributed by atoms with Gasteiger partial charge in [-0.25, -0.2) is 0 Å². The molecule has 1 aromatic rings. The topological polar surface area (TPSA) is 49.8 Å². The van der Waals surface area contributed by atoms with E-state index in [1.807, 2.05) is 31.2 Å². The maximum absolute atomic E-state index is 8.93. The molecule has 2 nitrogen and oxygen atoms in total. The number of benzene rings is 1. The molecule has 2 heteroatoms. The van der Waals surface area contributed by atoms with E-state index in [9.17, 15) is 0 Å². The van der Waals surface area contributed by atoms with Gasteiger partial charge >= 0.3 is 0 Å². The Hall–Kier alpha value is -1.33. The molecule has 0 amide bonds. The largest absolute Gasteiger partial charge is 0.330 e. The van der Waals surface area contributed by atoms with Gasteiger partial charge in [-0.2, -0.15) is 5.26 Å². The lowest BCUT2D eigenvalue weighted by molar-refractivity contribution is 0.753. The molecule has 68 valence electrons. The number of hydrogen-bond acceptors (Lipinski definition) is 2. The van der Waals surface area contributed by atoms with Crippen LogP contribution in [0.15, 0.2) is 24.3 Å². The van der Waals surface area contributed by atoms with Crippen molar-refractivity contribution in [2.75, 3.05) is 6.54 Å². The second-order valence-electron chi connectivity index (χ2n) is 3.12. The van der Waals surface area contributed by atoms with Gasteiger partial charge in [0.25, 0.3) is 0 Å². The summed E-state index contributed by atoms with van der Waals surface area (Å²) in [6.07, 6.45) is 0.737. The first-order chi connectivity index (χ1) is 6.29. The number of aryl methyl sites for hydroxylation is 1. The van der Waals surface area contributed by atoms with Crippen LogP contribution in [-0.2, 0) is 0 Å². The fourth-order valence-corrected chi connectivity index (χ4v) is 1.43. The summed E-state index contributed by atoms with van der Waals surface area (Å²) < 4.78 is 0. The number of hydrogen-bond donors (Lipinski definition) is 1. The lowest BCUT2D eigenvalue weighted by Crippen LogP contribution is -2.06. The van der Waals surface area contributed by atoms with Gasteiger partial charge in [-0.05, 0) is 31.0 Å². The van der Waals surface area contributed by atoms with Crippen LogP contribution in [-0.4, -0.2) is 6.54 Å². The van der Waals surface area contributed by atoms with Gasteiger partial charge < -0.3 is 5.73 Å². The maximum Gasteiger partial charge on any atom is 0.0727 e. The van der Waals surface area contributed by atoms with E-state index < -0.39 is 0 Å². The highest BCUT2D eigenvalue weighted by atomic mass is 14.5. The molecular weight excluding hydrogens is 160 g/mol. The average molecular weight is 174 g/mol. The van der Waals surface area contributed by atoms with E-state index in [2.05, 4.69) is 6.07 Å². The zero-order chi connectivity index (χ0) is 9.68. The fraction of sp³-hybridized carbons (Fsp3) is 0.364. The van der Waals surface area contributed by atoms with E-state index in [0.29, 0.717) is 6.54 Å². The van der Waals surface area contributed by atoms with E-state index in [1.54, 1.807) is 0 Å². The molecule has 2 N–H and O–H groups in total. The quantitative estimate of drug-likeness (QED) is 0.761. The smallest absolute Gasteiger partial charge is 0.0727 e. The maximum atomic E-state index is 8.93. The lowest BCUT2D eigenvalue weighted by atomic mass is 9.93. The summed E-state index contributed by atoms with van der Waals surface area (Å²) in [4.78, 5) is 0. The molecule has 0 heterocycles. The van der Waals surface area contributed by atoms with E-state index in [-0.39, 0.29) is 5.92 Å². The molecule has 1 unspecified atom stereocenters. The van der Waals surface area contributed by atoms with Gasteiger partial charge in [-0.15, -0.1) is 0 Å². The summed E-state index contributed by atoms with van der Waals surface area (Å²) in [5.74, 6) is -0.0498. The molecule has 0 aliphatic heterocycles. The molecule has 0 bridgehead atoms. The lowest BCUT2D eigenvalue weighted by Gasteiger charge is -2.10. The van der Waals surface area contributed by atoms with Crippen LogP contribution in [0.2, 0.25) is 0 Å². The number of rotatable bonds is 3. The second kappa shape index (κ2) is 4.64. The van der Waals surface area contributed by atoms with Crippen LogP contribution >= 0.6 is 0 Å². The SMILES string of the molecule is Cc1ccccc1C(C#N)CCN. The summed E-state index contributed by atoms with van der Waals surface area (Å²) in [6.45, 7) is 2.59. The molecule has 0 radical (unpaired) electrons. The highest BCUT2D eigenvalue weighted by molar-refractivity contribution is 5.32. The van der Waals surface area contributed by atoms with Crippen molar-refractivity contribution in [3.8, 4) is 6.07 Å². The van der Waals surface area contributed by atoms with Crippen molar-refractivity contribution in [2.45, 2.75) is 19.3 Å². The summed E-state index contributed by atoms with van der Waals surface area (Å²) in [5.41, 5.74) is 7.72. The van der Waals surface area contributed by atoms with E-state index in [1.165, 1.54) is 5.56 Å². The molecule has 0 saturated heterocycles. The number of nitriles is 1. The summed E-state index contributed by atoms with van der Waals surface area (Å²) in [7, 11) is 0. The Kier molecular flexibility index (Phi) is 3.48. The Labute approximate surface area is 79.0 Å². The molecule has 0 aliphatic rings. The standard InChI is InChI=1S/C11H14N2/c1-9-4-2-3-5-11(9)10(8-13)6-7-12/h2-5,10H,6-7,12H2,1H3. The van der Waals surface area contributed by atoms with Gasteiger partial charge in [0.15, 0.2) is 0 Å². The zero-order valence-corrected chi connectivity index (χ0v) is 7.83.